The Hall–Kier alpha value is -1.66. The van der Waals surface area contributed by atoms with Crippen LogP contribution in [-0.4, -0.2) is 46.6 Å². The number of rotatable bonds is 6. The quantitative estimate of drug-likeness (QED) is 0.753. The van der Waals surface area contributed by atoms with E-state index in [1.54, 1.807) is 0 Å². The summed E-state index contributed by atoms with van der Waals surface area (Å²) in [7, 11) is 0. The lowest BCUT2D eigenvalue weighted by atomic mass is 9.89. The molecule has 1 aliphatic heterocycles. The van der Waals surface area contributed by atoms with E-state index in [0.29, 0.717) is 11.6 Å². The van der Waals surface area contributed by atoms with Crippen LogP contribution in [0.1, 0.15) is 81.0 Å². The summed E-state index contributed by atoms with van der Waals surface area (Å²) < 4.78 is 5.63. The van der Waals surface area contributed by atoms with Crippen molar-refractivity contribution in [3.63, 3.8) is 0 Å². The second-order valence-electron chi connectivity index (χ2n) is 9.56. The van der Waals surface area contributed by atoms with Gasteiger partial charge in [0.25, 0.3) is 11.6 Å². The van der Waals surface area contributed by atoms with Crippen LogP contribution in [0.25, 0.3) is 11.1 Å². The maximum absolute atomic E-state index is 13.7. The molecule has 0 aromatic carbocycles. The van der Waals surface area contributed by atoms with Crippen LogP contribution in [0.3, 0.4) is 0 Å². The van der Waals surface area contributed by atoms with Crippen LogP contribution in [-0.2, 0) is 6.42 Å². The summed E-state index contributed by atoms with van der Waals surface area (Å²) in [5.41, 5.74) is 3.13. The Morgan fingerprint density at radius 2 is 2.07 bits per heavy atom. The number of nitrogens with zero attached hydrogens (tertiary/aromatic N) is 3. The molecule has 0 bridgehead atoms. The Balaban J connectivity index is 0.00000240. The summed E-state index contributed by atoms with van der Waals surface area (Å²) in [5.74, 6) is 0.558. The van der Waals surface area contributed by atoms with E-state index in [9.17, 15) is 4.79 Å². The molecule has 6 nitrogen and oxygen atoms in total. The Kier molecular flexibility index (Phi) is 6.54. The molecule has 1 saturated heterocycles. The summed E-state index contributed by atoms with van der Waals surface area (Å²) in [4.78, 5) is 20.5. The molecule has 1 aliphatic carbocycles. The number of aromatic nitrogens is 2. The van der Waals surface area contributed by atoms with Crippen molar-refractivity contribution in [3.05, 3.63) is 23.0 Å². The van der Waals surface area contributed by atoms with E-state index >= 15 is 0 Å². The number of pyridine rings is 1. The predicted molar refractivity (Wildman–Crippen MR) is 117 cm³/mol. The van der Waals surface area contributed by atoms with Crippen molar-refractivity contribution in [2.24, 2.45) is 5.41 Å². The molecule has 2 aliphatic rings. The zero-order valence-electron chi connectivity index (χ0n) is 18.0. The Morgan fingerprint density at radius 1 is 1.31 bits per heavy atom. The topological polar surface area (TPSA) is 71.3 Å². The molecule has 0 radical (unpaired) electrons. The van der Waals surface area contributed by atoms with E-state index in [4.69, 9.17) is 9.51 Å². The fourth-order valence-electron chi connectivity index (χ4n) is 4.16. The van der Waals surface area contributed by atoms with Crippen molar-refractivity contribution in [2.45, 2.75) is 71.8 Å². The second-order valence-corrected chi connectivity index (χ2v) is 9.56. The molecule has 2 aromatic heterocycles. The van der Waals surface area contributed by atoms with Gasteiger partial charge in [-0.15, -0.1) is 12.4 Å². The average molecular weight is 421 g/mol. The average Bonchev–Trinajstić information content (AvgIpc) is 3.21. The zero-order chi connectivity index (χ0) is 19.9. The number of carbonyl (C=O) groups excluding carboxylic acids is 1. The van der Waals surface area contributed by atoms with Gasteiger partial charge in [0.15, 0.2) is 0 Å². The first-order chi connectivity index (χ1) is 13.4. The van der Waals surface area contributed by atoms with Gasteiger partial charge < -0.3 is 14.7 Å². The number of fused-ring (bicyclic) bond motifs is 1. The molecule has 0 spiro atoms. The highest BCUT2D eigenvalue weighted by Crippen LogP contribution is 2.41. The van der Waals surface area contributed by atoms with E-state index < -0.39 is 0 Å². The molecule has 1 N–H and O–H groups in total. The fraction of sp³-hybridized carbons (Fsp3) is 0.682. The van der Waals surface area contributed by atoms with Gasteiger partial charge in [-0.2, -0.15) is 0 Å². The van der Waals surface area contributed by atoms with Gasteiger partial charge in [0.2, 0.25) is 0 Å². The third-order valence-electron chi connectivity index (χ3n) is 5.66. The lowest BCUT2D eigenvalue weighted by Crippen LogP contribution is -2.42. The molecule has 29 heavy (non-hydrogen) atoms. The maximum atomic E-state index is 13.7. The smallest absolute Gasteiger partial charge is 0.259 e. The Labute approximate surface area is 179 Å². The largest absolute Gasteiger partial charge is 0.336 e. The first kappa shape index (κ1) is 22.0. The van der Waals surface area contributed by atoms with Crippen LogP contribution in [0.4, 0.5) is 0 Å². The van der Waals surface area contributed by atoms with Crippen LogP contribution in [0.15, 0.2) is 10.6 Å². The molecule has 4 rings (SSSR count). The number of halogens is 1. The first-order valence-corrected chi connectivity index (χ1v) is 10.7. The molecule has 1 atom stereocenters. The third-order valence-corrected chi connectivity index (χ3v) is 5.66. The van der Waals surface area contributed by atoms with Gasteiger partial charge in [-0.3, -0.25) is 4.79 Å². The summed E-state index contributed by atoms with van der Waals surface area (Å²) in [5, 5.41) is 8.54. The highest BCUT2D eigenvalue weighted by atomic mass is 35.5. The van der Waals surface area contributed by atoms with E-state index in [0.717, 1.165) is 74.1 Å². The first-order valence-electron chi connectivity index (χ1n) is 10.7. The SMILES string of the molecule is CCCN(C(=O)c1cc(C2CC2)nc2onc(CC(C)(C)C)c12)C1CCNC1.Cl. The van der Waals surface area contributed by atoms with Crippen molar-refractivity contribution in [1.82, 2.24) is 20.4 Å². The summed E-state index contributed by atoms with van der Waals surface area (Å²) in [6, 6.07) is 2.28. The summed E-state index contributed by atoms with van der Waals surface area (Å²) in [6.45, 7) is 11.3. The summed E-state index contributed by atoms with van der Waals surface area (Å²) >= 11 is 0. The van der Waals surface area contributed by atoms with E-state index in [-0.39, 0.29) is 29.8 Å². The number of nitrogens with one attached hydrogen (secondary N) is 1. The Morgan fingerprint density at radius 3 is 2.66 bits per heavy atom. The van der Waals surface area contributed by atoms with Gasteiger partial charge in [0.1, 0.15) is 0 Å². The van der Waals surface area contributed by atoms with Crippen molar-refractivity contribution >= 4 is 29.4 Å². The van der Waals surface area contributed by atoms with Gasteiger partial charge in [-0.25, -0.2) is 4.98 Å². The van der Waals surface area contributed by atoms with Crippen LogP contribution >= 0.6 is 12.4 Å². The molecule has 1 unspecified atom stereocenters. The van der Waals surface area contributed by atoms with Crippen LogP contribution in [0, 0.1) is 5.41 Å². The fourth-order valence-corrected chi connectivity index (χ4v) is 4.16. The zero-order valence-corrected chi connectivity index (χ0v) is 18.8. The van der Waals surface area contributed by atoms with Gasteiger partial charge in [-0.05, 0) is 50.1 Å². The van der Waals surface area contributed by atoms with Crippen molar-refractivity contribution in [1.29, 1.82) is 0 Å². The highest BCUT2D eigenvalue weighted by molar-refractivity contribution is 6.06. The molecule has 2 aromatic rings. The number of carbonyl (C=O) groups is 1. The molecule has 1 saturated carbocycles. The second kappa shape index (κ2) is 8.60. The van der Waals surface area contributed by atoms with Crippen molar-refractivity contribution < 1.29 is 9.32 Å². The molecular weight excluding hydrogens is 388 g/mol. The Bertz CT molecular complexity index is 864. The molecule has 1 amide bonds. The molecule has 3 heterocycles. The van der Waals surface area contributed by atoms with Crippen molar-refractivity contribution in [2.75, 3.05) is 19.6 Å². The minimum Gasteiger partial charge on any atom is -0.336 e. The molecule has 160 valence electrons. The van der Waals surface area contributed by atoms with E-state index in [1.165, 1.54) is 0 Å². The number of amides is 1. The van der Waals surface area contributed by atoms with Gasteiger partial charge in [-0.1, -0.05) is 32.9 Å². The highest BCUT2D eigenvalue weighted by Gasteiger charge is 2.33. The predicted octanol–water partition coefficient (Wildman–Crippen LogP) is 4.32. The standard InChI is InChI=1S/C22H32N4O2.ClH/c1-5-10-26(15-8-9-23-13-15)21(27)16-11-17(14-6-7-14)24-20-19(16)18(25-28-20)12-22(2,3)4;/h11,14-15,23H,5-10,12-13H2,1-4H3;1H. The van der Waals surface area contributed by atoms with Gasteiger partial charge in [0.05, 0.1) is 16.6 Å². The lowest BCUT2D eigenvalue weighted by molar-refractivity contribution is 0.0694. The third kappa shape index (κ3) is 4.75. The van der Waals surface area contributed by atoms with Gasteiger partial charge >= 0.3 is 0 Å². The summed E-state index contributed by atoms with van der Waals surface area (Å²) in [6.07, 6.45) is 4.99. The number of hydrogen-bond acceptors (Lipinski definition) is 5. The van der Waals surface area contributed by atoms with Gasteiger partial charge in [0, 0.05) is 30.7 Å². The van der Waals surface area contributed by atoms with Crippen LogP contribution < -0.4 is 5.32 Å². The maximum Gasteiger partial charge on any atom is 0.259 e. The van der Waals surface area contributed by atoms with Crippen molar-refractivity contribution in [3.8, 4) is 0 Å². The molecular formula is C22H33ClN4O2. The van der Waals surface area contributed by atoms with E-state index in [2.05, 4.69) is 43.1 Å². The normalized spacial score (nSPS) is 19.4. The van der Waals surface area contributed by atoms with E-state index in [1.807, 2.05) is 6.07 Å². The molecule has 2 fully saturated rings. The number of hydrogen-bond donors (Lipinski definition) is 1. The lowest BCUT2D eigenvalue weighted by Gasteiger charge is -2.28. The minimum atomic E-state index is 0. The van der Waals surface area contributed by atoms with Crippen LogP contribution in [0.2, 0.25) is 0 Å². The molecule has 7 heteroatoms. The minimum absolute atomic E-state index is 0. The monoisotopic (exact) mass is 420 g/mol. The van der Waals surface area contributed by atoms with Crippen LogP contribution in [0.5, 0.6) is 0 Å².